The number of hydrogen-bond donors (Lipinski definition) is 1. The second-order valence-corrected chi connectivity index (χ2v) is 7.77. The van der Waals surface area contributed by atoms with E-state index >= 15 is 0 Å². The van der Waals surface area contributed by atoms with E-state index in [2.05, 4.69) is 60.3 Å². The van der Waals surface area contributed by atoms with Crippen molar-refractivity contribution in [1.29, 1.82) is 0 Å². The summed E-state index contributed by atoms with van der Waals surface area (Å²) < 4.78 is 2.34. The van der Waals surface area contributed by atoms with Crippen LogP contribution in [0.1, 0.15) is 36.0 Å². The summed E-state index contributed by atoms with van der Waals surface area (Å²) in [7, 11) is 0. The fraction of sp³-hybridized carbons (Fsp3) is 0.409. The van der Waals surface area contributed by atoms with Crippen molar-refractivity contribution in [2.45, 2.75) is 38.4 Å². The van der Waals surface area contributed by atoms with E-state index in [1.165, 1.54) is 17.0 Å². The molecule has 4 heterocycles. The lowest BCUT2D eigenvalue weighted by Gasteiger charge is -2.32. The molecular formula is C22H26N6. The summed E-state index contributed by atoms with van der Waals surface area (Å²) in [6.45, 7) is 6.08. The molecule has 2 aromatic heterocycles. The molecule has 0 bridgehead atoms. The Kier molecular flexibility index (Phi) is 4.89. The minimum Gasteiger partial charge on any atom is -0.312 e. The molecule has 0 unspecified atom stereocenters. The number of hydrogen-bond acceptors (Lipinski definition) is 5. The molecule has 0 amide bonds. The van der Waals surface area contributed by atoms with Gasteiger partial charge in [-0.15, -0.1) is 10.2 Å². The van der Waals surface area contributed by atoms with Gasteiger partial charge in [-0.1, -0.05) is 24.3 Å². The second kappa shape index (κ2) is 7.81. The van der Waals surface area contributed by atoms with Crippen molar-refractivity contribution in [3.05, 3.63) is 65.9 Å². The fourth-order valence-corrected chi connectivity index (χ4v) is 4.39. The minimum absolute atomic E-state index is 0.537. The van der Waals surface area contributed by atoms with Crippen molar-refractivity contribution in [1.82, 2.24) is 30.0 Å². The lowest BCUT2D eigenvalue weighted by atomic mass is 9.95. The Hall–Kier alpha value is -2.57. The Bertz CT molecular complexity index is 927. The zero-order valence-corrected chi connectivity index (χ0v) is 16.1. The number of likely N-dealkylation sites (tertiary alicyclic amines) is 1. The summed E-state index contributed by atoms with van der Waals surface area (Å²) >= 11 is 0. The van der Waals surface area contributed by atoms with Crippen molar-refractivity contribution >= 4 is 0 Å². The van der Waals surface area contributed by atoms with Crippen LogP contribution in [0.4, 0.5) is 0 Å². The summed E-state index contributed by atoms with van der Waals surface area (Å²) in [4.78, 5) is 7.04. The second-order valence-electron chi connectivity index (χ2n) is 7.77. The molecule has 0 aliphatic carbocycles. The Labute approximate surface area is 165 Å². The molecule has 28 heavy (non-hydrogen) atoms. The largest absolute Gasteiger partial charge is 0.312 e. The van der Waals surface area contributed by atoms with E-state index in [0.29, 0.717) is 5.92 Å². The summed E-state index contributed by atoms with van der Waals surface area (Å²) in [6.07, 6.45) is 4.17. The van der Waals surface area contributed by atoms with Gasteiger partial charge in [0.2, 0.25) is 0 Å². The van der Waals surface area contributed by atoms with E-state index in [0.717, 1.165) is 63.6 Å². The fourth-order valence-electron chi connectivity index (χ4n) is 4.39. The van der Waals surface area contributed by atoms with Crippen molar-refractivity contribution < 1.29 is 0 Å². The van der Waals surface area contributed by atoms with Crippen LogP contribution in [-0.2, 0) is 19.6 Å². The molecule has 1 N–H and O–H groups in total. The average Bonchev–Trinajstić information content (AvgIpc) is 3.19. The van der Waals surface area contributed by atoms with E-state index in [1.54, 1.807) is 0 Å². The predicted molar refractivity (Wildman–Crippen MR) is 109 cm³/mol. The average molecular weight is 374 g/mol. The van der Waals surface area contributed by atoms with E-state index in [1.807, 2.05) is 18.3 Å². The van der Waals surface area contributed by atoms with Gasteiger partial charge in [0.05, 0.1) is 12.2 Å². The molecule has 2 aliphatic rings. The lowest BCUT2D eigenvalue weighted by molar-refractivity contribution is 0.199. The maximum absolute atomic E-state index is 4.52. The van der Waals surface area contributed by atoms with Crippen LogP contribution in [0.25, 0.3) is 11.3 Å². The van der Waals surface area contributed by atoms with Crippen molar-refractivity contribution in [3.8, 4) is 11.3 Å². The number of aromatic nitrogens is 4. The van der Waals surface area contributed by atoms with E-state index in [9.17, 15) is 0 Å². The van der Waals surface area contributed by atoms with Gasteiger partial charge in [0.1, 0.15) is 11.6 Å². The third kappa shape index (κ3) is 3.57. The third-order valence-corrected chi connectivity index (χ3v) is 5.90. The molecule has 1 aromatic carbocycles. The van der Waals surface area contributed by atoms with E-state index in [-0.39, 0.29) is 0 Å². The molecule has 144 valence electrons. The van der Waals surface area contributed by atoms with Gasteiger partial charge in [-0.05, 0) is 49.7 Å². The van der Waals surface area contributed by atoms with Crippen LogP contribution in [0.3, 0.4) is 0 Å². The molecule has 1 saturated heterocycles. The number of rotatable bonds is 4. The van der Waals surface area contributed by atoms with Crippen LogP contribution >= 0.6 is 0 Å². The number of nitrogens with one attached hydrogen (secondary N) is 1. The van der Waals surface area contributed by atoms with Crippen molar-refractivity contribution in [2.75, 3.05) is 19.6 Å². The molecule has 0 spiro atoms. The minimum atomic E-state index is 0.537. The molecule has 3 aromatic rings. The Morgan fingerprint density at radius 1 is 1.00 bits per heavy atom. The van der Waals surface area contributed by atoms with Crippen LogP contribution < -0.4 is 5.32 Å². The summed E-state index contributed by atoms with van der Waals surface area (Å²) in [5, 5.41) is 12.3. The smallest absolute Gasteiger partial charge is 0.147 e. The Morgan fingerprint density at radius 3 is 2.79 bits per heavy atom. The topological polar surface area (TPSA) is 58.9 Å². The number of benzene rings is 1. The first-order valence-corrected chi connectivity index (χ1v) is 10.2. The summed E-state index contributed by atoms with van der Waals surface area (Å²) in [6, 6.07) is 14.8. The van der Waals surface area contributed by atoms with Crippen molar-refractivity contribution in [3.63, 3.8) is 0 Å². The zero-order chi connectivity index (χ0) is 18.8. The van der Waals surface area contributed by atoms with Crippen molar-refractivity contribution in [2.24, 2.45) is 0 Å². The van der Waals surface area contributed by atoms with Crippen LogP contribution in [-0.4, -0.2) is 44.3 Å². The van der Waals surface area contributed by atoms with E-state index < -0.39 is 0 Å². The number of fused-ring (bicyclic) bond motifs is 1. The molecule has 2 aliphatic heterocycles. The number of piperidine rings is 1. The molecule has 0 atom stereocenters. The lowest BCUT2D eigenvalue weighted by Crippen LogP contribution is -2.34. The van der Waals surface area contributed by atoms with Gasteiger partial charge in [0.15, 0.2) is 0 Å². The predicted octanol–water partition coefficient (Wildman–Crippen LogP) is 2.82. The number of nitrogens with zero attached hydrogens (tertiary/aromatic N) is 5. The SMILES string of the molecule is c1ccc(-c2cccc(CN3CCC(c4nnc5n4CCNC5)CC3)c2)nc1. The maximum atomic E-state index is 4.52. The molecule has 5 rings (SSSR count). The number of pyridine rings is 1. The first kappa shape index (κ1) is 17.5. The van der Waals surface area contributed by atoms with Gasteiger partial charge in [-0.2, -0.15) is 0 Å². The summed E-state index contributed by atoms with van der Waals surface area (Å²) in [5.41, 5.74) is 3.58. The van der Waals surface area contributed by atoms with Gasteiger partial charge in [-0.3, -0.25) is 9.88 Å². The molecular weight excluding hydrogens is 348 g/mol. The zero-order valence-electron chi connectivity index (χ0n) is 16.1. The Morgan fingerprint density at radius 2 is 1.93 bits per heavy atom. The highest BCUT2D eigenvalue weighted by Crippen LogP contribution is 2.29. The van der Waals surface area contributed by atoms with Crippen LogP contribution in [0.5, 0.6) is 0 Å². The van der Waals surface area contributed by atoms with Crippen LogP contribution in [0.15, 0.2) is 48.7 Å². The molecule has 1 fully saturated rings. The summed E-state index contributed by atoms with van der Waals surface area (Å²) in [5.74, 6) is 2.83. The van der Waals surface area contributed by atoms with Gasteiger partial charge in [-0.25, -0.2) is 0 Å². The first-order chi connectivity index (χ1) is 13.9. The third-order valence-electron chi connectivity index (χ3n) is 5.90. The van der Waals surface area contributed by atoms with Gasteiger partial charge >= 0.3 is 0 Å². The molecule has 0 saturated carbocycles. The molecule has 6 heteroatoms. The highest BCUT2D eigenvalue weighted by molar-refractivity contribution is 5.59. The normalized spacial score (nSPS) is 18.1. The highest BCUT2D eigenvalue weighted by atomic mass is 15.3. The Balaban J connectivity index is 1.23. The first-order valence-electron chi connectivity index (χ1n) is 10.2. The standard InChI is InChI=1S/C22H26N6/c1-2-9-24-20(6-1)19-5-3-4-17(14-19)16-27-11-7-18(8-12-27)22-26-25-21-15-23-10-13-28(21)22/h1-6,9,14,18,23H,7-8,10-13,15-16H2. The maximum Gasteiger partial charge on any atom is 0.147 e. The molecule has 6 nitrogen and oxygen atoms in total. The van der Waals surface area contributed by atoms with E-state index in [4.69, 9.17) is 0 Å². The van der Waals surface area contributed by atoms with Gasteiger partial charge in [0.25, 0.3) is 0 Å². The van der Waals surface area contributed by atoms with Crippen LogP contribution in [0, 0.1) is 0 Å². The van der Waals surface area contributed by atoms with Crippen LogP contribution in [0.2, 0.25) is 0 Å². The molecule has 0 radical (unpaired) electrons. The monoisotopic (exact) mass is 374 g/mol. The van der Waals surface area contributed by atoms with Gasteiger partial charge < -0.3 is 9.88 Å². The van der Waals surface area contributed by atoms with Gasteiger partial charge in [0, 0.05) is 37.3 Å². The quantitative estimate of drug-likeness (QED) is 0.761. The highest BCUT2D eigenvalue weighted by Gasteiger charge is 2.27.